The third kappa shape index (κ3) is 4.70. The third-order valence-corrected chi connectivity index (χ3v) is 6.05. The highest BCUT2D eigenvalue weighted by molar-refractivity contribution is 6.29. The number of aromatic nitrogens is 4. The number of hydrogen-bond acceptors (Lipinski definition) is 5. The maximum absolute atomic E-state index is 6.36. The molecule has 6 nitrogen and oxygen atoms in total. The summed E-state index contributed by atoms with van der Waals surface area (Å²) in [5, 5.41) is 5.09. The fourth-order valence-electron chi connectivity index (χ4n) is 4.40. The van der Waals surface area contributed by atoms with Crippen molar-refractivity contribution in [2.75, 3.05) is 25.0 Å². The Hall–Kier alpha value is -2.96. The number of rotatable bonds is 6. The van der Waals surface area contributed by atoms with E-state index in [1.807, 2.05) is 36.8 Å². The van der Waals surface area contributed by atoms with Crippen LogP contribution in [-0.2, 0) is 6.54 Å². The summed E-state index contributed by atoms with van der Waals surface area (Å²) >= 11 is 6.36. The van der Waals surface area contributed by atoms with E-state index in [0.717, 1.165) is 54.2 Å². The maximum atomic E-state index is 6.36. The van der Waals surface area contributed by atoms with E-state index in [2.05, 4.69) is 48.4 Å². The van der Waals surface area contributed by atoms with Crippen molar-refractivity contribution >= 4 is 28.5 Å². The summed E-state index contributed by atoms with van der Waals surface area (Å²) in [6, 6.07) is 12.1. The van der Waals surface area contributed by atoms with Crippen LogP contribution in [0.2, 0.25) is 5.15 Å². The van der Waals surface area contributed by atoms with Gasteiger partial charge in [-0.05, 0) is 66.8 Å². The molecule has 31 heavy (non-hydrogen) atoms. The van der Waals surface area contributed by atoms with E-state index in [1.54, 1.807) is 6.20 Å². The summed E-state index contributed by atoms with van der Waals surface area (Å²) in [7, 11) is 0. The second kappa shape index (κ2) is 9.04. The van der Waals surface area contributed by atoms with Crippen molar-refractivity contribution in [1.29, 1.82) is 0 Å². The minimum Gasteiger partial charge on any atom is -0.370 e. The summed E-state index contributed by atoms with van der Waals surface area (Å²) < 4.78 is 0. The average Bonchev–Trinajstić information content (AvgIpc) is 3.23. The van der Waals surface area contributed by atoms with Crippen molar-refractivity contribution in [2.45, 2.75) is 19.4 Å². The van der Waals surface area contributed by atoms with Gasteiger partial charge in [-0.1, -0.05) is 17.7 Å². The van der Waals surface area contributed by atoms with Gasteiger partial charge in [-0.3, -0.25) is 9.88 Å². The molecule has 158 valence electrons. The summed E-state index contributed by atoms with van der Waals surface area (Å²) in [6.07, 6.45) is 9.98. The van der Waals surface area contributed by atoms with Gasteiger partial charge >= 0.3 is 0 Å². The second-order valence-corrected chi connectivity index (χ2v) is 8.54. The zero-order valence-electron chi connectivity index (χ0n) is 17.3. The van der Waals surface area contributed by atoms with Crippen LogP contribution in [0.4, 0.5) is 5.82 Å². The van der Waals surface area contributed by atoms with Crippen LogP contribution in [-0.4, -0.2) is 44.5 Å². The highest BCUT2D eigenvalue weighted by atomic mass is 35.5. The topological polar surface area (TPSA) is 69.7 Å². The fraction of sp³-hybridized carbons (Fsp3) is 0.292. The first-order valence-electron chi connectivity index (χ1n) is 10.7. The molecule has 1 aliphatic heterocycles. The molecule has 0 aromatic carbocycles. The third-order valence-electron chi connectivity index (χ3n) is 5.86. The quantitative estimate of drug-likeness (QED) is 0.420. The van der Waals surface area contributed by atoms with E-state index in [9.17, 15) is 0 Å². The standard InChI is InChI=1S/C24H25ClN6/c25-22-10-19(21-14-29-24-20(21)6-2-8-27-24)11-23(30-22)28-13-18-5-3-9-31(16-18)15-17-4-1-7-26-12-17/h1-2,4,6-8,10-12,14,18H,3,5,9,13,15-16H2,(H,27,29)(H,28,30). The molecule has 1 aliphatic rings. The Morgan fingerprint density at radius 3 is 3.03 bits per heavy atom. The molecule has 1 fully saturated rings. The van der Waals surface area contributed by atoms with Crippen LogP contribution >= 0.6 is 11.6 Å². The molecular weight excluding hydrogens is 408 g/mol. The SMILES string of the molecule is Clc1cc(-c2c[nH]c3ncccc23)cc(NCC2CCCN(Cc3cccnc3)C2)n1. The first kappa shape index (κ1) is 20.0. The van der Waals surface area contributed by atoms with Crippen LogP contribution < -0.4 is 5.32 Å². The number of halogens is 1. The largest absolute Gasteiger partial charge is 0.370 e. The zero-order chi connectivity index (χ0) is 21.0. The number of likely N-dealkylation sites (tertiary alicyclic amines) is 1. The highest BCUT2D eigenvalue weighted by Gasteiger charge is 2.20. The van der Waals surface area contributed by atoms with Crippen molar-refractivity contribution in [2.24, 2.45) is 5.92 Å². The van der Waals surface area contributed by atoms with E-state index >= 15 is 0 Å². The lowest BCUT2D eigenvalue weighted by Crippen LogP contribution is -2.37. The number of fused-ring (bicyclic) bond motifs is 1. The molecule has 0 spiro atoms. The predicted octanol–water partition coefficient (Wildman–Crippen LogP) is 5.00. The van der Waals surface area contributed by atoms with Gasteiger partial charge in [0.25, 0.3) is 0 Å². The number of hydrogen-bond donors (Lipinski definition) is 2. The number of nitrogens with one attached hydrogen (secondary N) is 2. The van der Waals surface area contributed by atoms with Gasteiger partial charge in [-0.15, -0.1) is 0 Å². The maximum Gasteiger partial charge on any atom is 0.137 e. The summed E-state index contributed by atoms with van der Waals surface area (Å²) in [6.45, 7) is 4.05. The number of anilines is 1. The average molecular weight is 433 g/mol. The van der Waals surface area contributed by atoms with Gasteiger partial charge in [-0.2, -0.15) is 0 Å². The van der Waals surface area contributed by atoms with Crippen LogP contribution in [0.1, 0.15) is 18.4 Å². The monoisotopic (exact) mass is 432 g/mol. The fourth-order valence-corrected chi connectivity index (χ4v) is 4.61. The molecule has 0 aliphatic carbocycles. The van der Waals surface area contributed by atoms with Crippen LogP contribution in [0.3, 0.4) is 0 Å². The Bertz CT molecular complexity index is 1160. The molecule has 4 aromatic rings. The lowest BCUT2D eigenvalue weighted by atomic mass is 9.97. The minimum atomic E-state index is 0.486. The van der Waals surface area contributed by atoms with Gasteiger partial charge in [0.1, 0.15) is 16.6 Å². The van der Waals surface area contributed by atoms with Crippen LogP contribution in [0.15, 0.2) is 61.2 Å². The molecule has 2 N–H and O–H groups in total. The van der Waals surface area contributed by atoms with E-state index in [1.165, 1.54) is 18.4 Å². The van der Waals surface area contributed by atoms with Gasteiger partial charge in [0.05, 0.1) is 0 Å². The molecule has 0 saturated carbocycles. The number of aromatic amines is 1. The smallest absolute Gasteiger partial charge is 0.137 e. The Morgan fingerprint density at radius 1 is 1.19 bits per heavy atom. The number of H-pyrrole nitrogens is 1. The van der Waals surface area contributed by atoms with Gasteiger partial charge in [-0.25, -0.2) is 9.97 Å². The van der Waals surface area contributed by atoms with Crippen molar-refractivity contribution in [3.05, 3.63) is 71.9 Å². The molecule has 0 amide bonds. The molecule has 1 unspecified atom stereocenters. The Balaban J connectivity index is 1.26. The first-order chi connectivity index (χ1) is 15.2. The molecule has 5 rings (SSSR count). The Labute approximate surface area is 186 Å². The highest BCUT2D eigenvalue weighted by Crippen LogP contribution is 2.30. The van der Waals surface area contributed by atoms with Gasteiger partial charge in [0.2, 0.25) is 0 Å². The van der Waals surface area contributed by atoms with Crippen LogP contribution in [0.5, 0.6) is 0 Å². The zero-order valence-corrected chi connectivity index (χ0v) is 18.0. The summed E-state index contributed by atoms with van der Waals surface area (Å²) in [4.78, 5) is 18.9. The van der Waals surface area contributed by atoms with Gasteiger partial charge < -0.3 is 10.3 Å². The molecule has 5 heterocycles. The molecular formula is C24H25ClN6. The van der Waals surface area contributed by atoms with Crippen molar-refractivity contribution in [1.82, 2.24) is 24.8 Å². The molecule has 4 aromatic heterocycles. The van der Waals surface area contributed by atoms with Crippen molar-refractivity contribution < 1.29 is 0 Å². The van der Waals surface area contributed by atoms with E-state index in [4.69, 9.17) is 11.6 Å². The molecule has 1 atom stereocenters. The van der Waals surface area contributed by atoms with Crippen molar-refractivity contribution in [3.8, 4) is 11.1 Å². The van der Waals surface area contributed by atoms with Gasteiger partial charge in [0.15, 0.2) is 0 Å². The number of piperidine rings is 1. The number of nitrogens with zero attached hydrogens (tertiary/aromatic N) is 4. The normalized spacial score (nSPS) is 17.1. The first-order valence-corrected chi connectivity index (χ1v) is 11.1. The van der Waals surface area contributed by atoms with Crippen molar-refractivity contribution in [3.63, 3.8) is 0 Å². The predicted molar refractivity (Wildman–Crippen MR) is 125 cm³/mol. The van der Waals surface area contributed by atoms with Crippen LogP contribution in [0, 0.1) is 5.92 Å². The molecule has 0 bridgehead atoms. The van der Waals surface area contributed by atoms with Gasteiger partial charge in [0, 0.05) is 55.4 Å². The molecule has 0 radical (unpaired) electrons. The lowest BCUT2D eigenvalue weighted by Gasteiger charge is -2.32. The summed E-state index contributed by atoms with van der Waals surface area (Å²) in [5.41, 5.74) is 4.25. The Kier molecular flexibility index (Phi) is 5.82. The van der Waals surface area contributed by atoms with E-state index in [0.29, 0.717) is 11.1 Å². The lowest BCUT2D eigenvalue weighted by molar-refractivity contribution is 0.173. The second-order valence-electron chi connectivity index (χ2n) is 8.15. The van der Waals surface area contributed by atoms with E-state index < -0.39 is 0 Å². The van der Waals surface area contributed by atoms with Crippen LogP contribution in [0.25, 0.3) is 22.2 Å². The number of pyridine rings is 3. The minimum absolute atomic E-state index is 0.486. The Morgan fingerprint density at radius 2 is 2.13 bits per heavy atom. The molecule has 1 saturated heterocycles. The van der Waals surface area contributed by atoms with E-state index in [-0.39, 0.29) is 0 Å². The molecule has 7 heteroatoms. The summed E-state index contributed by atoms with van der Waals surface area (Å²) in [5.74, 6) is 1.39.